The number of nitrogens with two attached hydrogens (primary N) is 1. The molecule has 0 saturated carbocycles. The van der Waals surface area contributed by atoms with Gasteiger partial charge in [0.2, 0.25) is 5.91 Å². The number of nitrogen functional groups attached to an aromatic ring is 1. The number of aryl methyl sites for hydroxylation is 1. The molecule has 24 heavy (non-hydrogen) atoms. The third-order valence-electron chi connectivity index (χ3n) is 4.53. The van der Waals surface area contributed by atoms with Crippen LogP contribution >= 0.6 is 0 Å². The highest BCUT2D eigenvalue weighted by Gasteiger charge is 2.24. The standard InChI is InChI=1S/C20H22N2O2/c1-14-7-9-15(10-8-14)19(23)11-12-20(24)22-13-3-4-16-17(21)5-2-6-18(16)22/h2,5-10H,3-4,11-13,21H2,1H3. The molecule has 4 heteroatoms. The molecule has 1 heterocycles. The van der Waals surface area contributed by atoms with E-state index in [1.807, 2.05) is 49.4 Å². The number of Topliss-reactive ketones (excluding diaryl/α,β-unsaturated/α-hetero) is 1. The van der Waals surface area contributed by atoms with E-state index >= 15 is 0 Å². The largest absolute Gasteiger partial charge is 0.398 e. The van der Waals surface area contributed by atoms with Crippen molar-refractivity contribution >= 4 is 23.1 Å². The van der Waals surface area contributed by atoms with Crippen LogP contribution in [0.4, 0.5) is 11.4 Å². The molecule has 3 rings (SSSR count). The molecule has 0 aliphatic carbocycles. The van der Waals surface area contributed by atoms with Gasteiger partial charge in [0.1, 0.15) is 0 Å². The third kappa shape index (κ3) is 3.32. The van der Waals surface area contributed by atoms with E-state index in [0.717, 1.165) is 35.3 Å². The summed E-state index contributed by atoms with van der Waals surface area (Å²) in [7, 11) is 0. The summed E-state index contributed by atoms with van der Waals surface area (Å²) >= 11 is 0. The summed E-state index contributed by atoms with van der Waals surface area (Å²) in [6.07, 6.45) is 2.25. The maximum atomic E-state index is 12.6. The van der Waals surface area contributed by atoms with Gasteiger partial charge < -0.3 is 10.6 Å². The third-order valence-corrected chi connectivity index (χ3v) is 4.53. The summed E-state index contributed by atoms with van der Waals surface area (Å²) in [4.78, 5) is 26.6. The molecule has 2 aromatic rings. The Morgan fingerprint density at radius 1 is 1.08 bits per heavy atom. The lowest BCUT2D eigenvalue weighted by molar-refractivity contribution is -0.118. The normalized spacial score (nSPS) is 13.5. The Balaban J connectivity index is 1.67. The first-order chi connectivity index (χ1) is 11.6. The Labute approximate surface area is 142 Å². The fourth-order valence-corrected chi connectivity index (χ4v) is 3.15. The first kappa shape index (κ1) is 16.2. The van der Waals surface area contributed by atoms with Crippen LogP contribution in [-0.2, 0) is 11.2 Å². The summed E-state index contributed by atoms with van der Waals surface area (Å²) in [5, 5.41) is 0. The number of anilines is 2. The highest BCUT2D eigenvalue weighted by Crippen LogP contribution is 2.31. The van der Waals surface area contributed by atoms with Gasteiger partial charge >= 0.3 is 0 Å². The number of amides is 1. The molecule has 0 unspecified atom stereocenters. The van der Waals surface area contributed by atoms with Gasteiger partial charge in [0.15, 0.2) is 5.78 Å². The second kappa shape index (κ2) is 6.87. The molecule has 0 saturated heterocycles. The Morgan fingerprint density at radius 2 is 1.83 bits per heavy atom. The number of carbonyl (C=O) groups is 2. The lowest BCUT2D eigenvalue weighted by Gasteiger charge is -2.30. The van der Waals surface area contributed by atoms with Crippen LogP contribution in [-0.4, -0.2) is 18.2 Å². The van der Waals surface area contributed by atoms with Crippen LogP contribution in [0.1, 0.15) is 40.7 Å². The van der Waals surface area contributed by atoms with Gasteiger partial charge in [-0.05, 0) is 37.5 Å². The number of carbonyl (C=O) groups excluding carboxylic acids is 2. The highest BCUT2D eigenvalue weighted by molar-refractivity contribution is 6.01. The molecule has 4 nitrogen and oxygen atoms in total. The minimum absolute atomic E-state index is 0.00755. The quantitative estimate of drug-likeness (QED) is 0.692. The maximum absolute atomic E-state index is 12.6. The van der Waals surface area contributed by atoms with Crippen molar-refractivity contribution in [3.05, 3.63) is 59.2 Å². The van der Waals surface area contributed by atoms with Crippen molar-refractivity contribution in [3.63, 3.8) is 0 Å². The van der Waals surface area contributed by atoms with Crippen molar-refractivity contribution < 1.29 is 9.59 Å². The minimum atomic E-state index is -0.0120. The van der Waals surface area contributed by atoms with E-state index in [2.05, 4.69) is 0 Å². The zero-order valence-electron chi connectivity index (χ0n) is 13.9. The van der Waals surface area contributed by atoms with Crippen molar-refractivity contribution in [2.75, 3.05) is 17.2 Å². The molecule has 1 amide bonds. The predicted octanol–water partition coefficient (Wildman–Crippen LogP) is 3.52. The van der Waals surface area contributed by atoms with Gasteiger partial charge in [-0.3, -0.25) is 9.59 Å². The average molecular weight is 322 g/mol. The van der Waals surface area contributed by atoms with Crippen LogP contribution in [0, 0.1) is 6.92 Å². The molecule has 0 bridgehead atoms. The molecule has 0 atom stereocenters. The summed E-state index contributed by atoms with van der Waals surface area (Å²) in [5.74, 6) is -0.00447. The first-order valence-corrected chi connectivity index (χ1v) is 8.34. The van der Waals surface area contributed by atoms with Gasteiger partial charge in [0.05, 0.1) is 0 Å². The SMILES string of the molecule is Cc1ccc(C(=O)CCC(=O)N2CCCc3c(N)cccc32)cc1. The molecule has 0 radical (unpaired) electrons. The van der Waals surface area contributed by atoms with E-state index in [0.29, 0.717) is 12.1 Å². The number of benzene rings is 2. The molecule has 0 fully saturated rings. The van der Waals surface area contributed by atoms with Crippen LogP contribution in [0.5, 0.6) is 0 Å². The zero-order valence-corrected chi connectivity index (χ0v) is 13.9. The monoisotopic (exact) mass is 322 g/mol. The smallest absolute Gasteiger partial charge is 0.227 e. The fraction of sp³-hybridized carbons (Fsp3) is 0.300. The Bertz CT molecular complexity index is 766. The van der Waals surface area contributed by atoms with E-state index in [-0.39, 0.29) is 24.5 Å². The van der Waals surface area contributed by atoms with E-state index in [1.165, 1.54) is 0 Å². The fourth-order valence-electron chi connectivity index (χ4n) is 3.15. The molecule has 1 aliphatic heterocycles. The number of nitrogens with zero attached hydrogens (tertiary/aromatic N) is 1. The summed E-state index contributed by atoms with van der Waals surface area (Å²) in [6, 6.07) is 13.1. The number of ketones is 1. The van der Waals surface area contributed by atoms with E-state index in [1.54, 1.807) is 4.90 Å². The Hall–Kier alpha value is -2.62. The lowest BCUT2D eigenvalue weighted by atomic mass is 9.99. The molecule has 2 N–H and O–H groups in total. The molecular formula is C20H22N2O2. The van der Waals surface area contributed by atoms with E-state index in [9.17, 15) is 9.59 Å². The minimum Gasteiger partial charge on any atom is -0.398 e. The zero-order chi connectivity index (χ0) is 17.1. The molecule has 2 aromatic carbocycles. The van der Waals surface area contributed by atoms with Gasteiger partial charge in [-0.15, -0.1) is 0 Å². The predicted molar refractivity (Wildman–Crippen MR) is 96.3 cm³/mol. The number of hydrogen-bond acceptors (Lipinski definition) is 3. The van der Waals surface area contributed by atoms with Crippen molar-refractivity contribution in [1.29, 1.82) is 0 Å². The summed E-state index contributed by atoms with van der Waals surface area (Å²) in [5.41, 5.74) is 10.5. The van der Waals surface area contributed by atoms with Gasteiger partial charge in [0, 0.05) is 36.3 Å². The van der Waals surface area contributed by atoms with Crippen molar-refractivity contribution in [2.24, 2.45) is 0 Å². The number of hydrogen-bond donors (Lipinski definition) is 1. The highest BCUT2D eigenvalue weighted by atomic mass is 16.2. The first-order valence-electron chi connectivity index (χ1n) is 8.34. The van der Waals surface area contributed by atoms with Crippen LogP contribution in [0.25, 0.3) is 0 Å². The molecule has 124 valence electrons. The second-order valence-corrected chi connectivity index (χ2v) is 6.28. The number of rotatable bonds is 4. The molecule has 0 aromatic heterocycles. The molecule has 1 aliphatic rings. The lowest BCUT2D eigenvalue weighted by Crippen LogP contribution is -2.35. The van der Waals surface area contributed by atoms with Gasteiger partial charge in [-0.2, -0.15) is 0 Å². The van der Waals surface area contributed by atoms with E-state index in [4.69, 9.17) is 5.73 Å². The topological polar surface area (TPSA) is 63.4 Å². The van der Waals surface area contributed by atoms with E-state index < -0.39 is 0 Å². The van der Waals surface area contributed by atoms with Crippen LogP contribution in [0.3, 0.4) is 0 Å². The van der Waals surface area contributed by atoms with Crippen LogP contribution in [0.15, 0.2) is 42.5 Å². The Morgan fingerprint density at radius 3 is 2.58 bits per heavy atom. The van der Waals surface area contributed by atoms with Crippen molar-refractivity contribution in [1.82, 2.24) is 0 Å². The number of fused-ring (bicyclic) bond motifs is 1. The summed E-state index contributed by atoms with van der Waals surface area (Å²) in [6.45, 7) is 2.67. The molecular weight excluding hydrogens is 300 g/mol. The maximum Gasteiger partial charge on any atom is 0.227 e. The summed E-state index contributed by atoms with van der Waals surface area (Å²) < 4.78 is 0. The van der Waals surface area contributed by atoms with Gasteiger partial charge in [0.25, 0.3) is 0 Å². The molecule has 0 spiro atoms. The Kier molecular flexibility index (Phi) is 4.65. The van der Waals surface area contributed by atoms with Gasteiger partial charge in [-0.25, -0.2) is 0 Å². The average Bonchev–Trinajstić information content (AvgIpc) is 2.60. The van der Waals surface area contributed by atoms with Crippen LogP contribution in [0.2, 0.25) is 0 Å². The van der Waals surface area contributed by atoms with Crippen molar-refractivity contribution in [3.8, 4) is 0 Å². The second-order valence-electron chi connectivity index (χ2n) is 6.28. The van der Waals surface area contributed by atoms with Gasteiger partial charge in [-0.1, -0.05) is 35.9 Å². The van der Waals surface area contributed by atoms with Crippen molar-refractivity contribution in [2.45, 2.75) is 32.6 Å². The van der Waals surface area contributed by atoms with Crippen LogP contribution < -0.4 is 10.6 Å².